The quantitative estimate of drug-likeness (QED) is 0.617. The minimum Gasteiger partial charge on any atom is -0.356 e. The fraction of sp³-hybridized carbons (Fsp3) is 0.750. The van der Waals surface area contributed by atoms with Crippen LogP contribution >= 0.6 is 0 Å². The maximum absolute atomic E-state index is 11.5. The Hall–Kier alpha value is -1.39. The van der Waals surface area contributed by atoms with Gasteiger partial charge in [0.2, 0.25) is 11.8 Å². The molecule has 0 aliphatic heterocycles. The molecule has 0 spiro atoms. The Kier molecular flexibility index (Phi) is 8.01. The minimum absolute atomic E-state index is 0.0481. The van der Waals surface area contributed by atoms with Crippen LogP contribution in [0.2, 0.25) is 0 Å². The number of ketones is 1. The number of hydrogen-bond donors (Lipinski definition) is 2. The van der Waals surface area contributed by atoms with Crippen molar-refractivity contribution in [1.29, 1.82) is 0 Å². The summed E-state index contributed by atoms with van der Waals surface area (Å²) in [6.45, 7) is 5.28. The second-order valence-electron chi connectivity index (χ2n) is 4.05. The number of amides is 2. The van der Waals surface area contributed by atoms with E-state index in [0.29, 0.717) is 19.4 Å². The van der Waals surface area contributed by atoms with Crippen LogP contribution in [0.25, 0.3) is 0 Å². The predicted octanol–water partition coefficient (Wildman–Crippen LogP) is 0.777. The van der Waals surface area contributed by atoms with Crippen LogP contribution in [-0.4, -0.2) is 30.2 Å². The van der Waals surface area contributed by atoms with Gasteiger partial charge in [0.25, 0.3) is 0 Å². The molecule has 2 N–H and O–H groups in total. The first-order valence-corrected chi connectivity index (χ1v) is 6.01. The Morgan fingerprint density at radius 2 is 1.71 bits per heavy atom. The van der Waals surface area contributed by atoms with Gasteiger partial charge in [-0.15, -0.1) is 0 Å². The normalized spacial score (nSPS) is 11.7. The van der Waals surface area contributed by atoms with Gasteiger partial charge in [0, 0.05) is 26.8 Å². The van der Waals surface area contributed by atoms with E-state index in [0.717, 1.165) is 12.8 Å². The van der Waals surface area contributed by atoms with Gasteiger partial charge in [-0.25, -0.2) is 0 Å². The zero-order chi connectivity index (χ0) is 13.3. The Morgan fingerprint density at radius 3 is 2.18 bits per heavy atom. The maximum atomic E-state index is 11.5. The third-order valence-corrected chi connectivity index (χ3v) is 2.41. The first-order chi connectivity index (χ1) is 7.97. The van der Waals surface area contributed by atoms with Gasteiger partial charge in [0.05, 0.1) is 6.04 Å². The van der Waals surface area contributed by atoms with E-state index in [1.165, 1.54) is 13.8 Å². The number of rotatable bonds is 8. The first-order valence-electron chi connectivity index (χ1n) is 6.01. The smallest absolute Gasteiger partial charge is 0.217 e. The van der Waals surface area contributed by atoms with E-state index >= 15 is 0 Å². The predicted molar refractivity (Wildman–Crippen MR) is 65.4 cm³/mol. The summed E-state index contributed by atoms with van der Waals surface area (Å²) in [6, 6.07) is -0.380. The van der Waals surface area contributed by atoms with Crippen LogP contribution in [0.3, 0.4) is 0 Å². The molecule has 0 radical (unpaired) electrons. The molecule has 1 atom stereocenters. The third-order valence-electron chi connectivity index (χ3n) is 2.41. The standard InChI is InChI=1S/C12H22N2O3/c1-4-12(17)11(14-10(3)16)7-5-6-8-13-9(2)15/h11H,4-8H2,1-3H3,(H,13,15)(H,14,16). The van der Waals surface area contributed by atoms with Crippen molar-refractivity contribution >= 4 is 17.6 Å². The lowest BCUT2D eigenvalue weighted by molar-refractivity contribution is -0.126. The van der Waals surface area contributed by atoms with E-state index < -0.39 is 0 Å². The highest BCUT2D eigenvalue weighted by molar-refractivity contribution is 5.88. The molecule has 5 nitrogen and oxygen atoms in total. The molecule has 0 aliphatic carbocycles. The van der Waals surface area contributed by atoms with Crippen molar-refractivity contribution in [1.82, 2.24) is 10.6 Å². The van der Waals surface area contributed by atoms with Crippen LogP contribution in [0.15, 0.2) is 0 Å². The van der Waals surface area contributed by atoms with Gasteiger partial charge in [-0.2, -0.15) is 0 Å². The number of hydrogen-bond acceptors (Lipinski definition) is 3. The highest BCUT2D eigenvalue weighted by Gasteiger charge is 2.16. The molecule has 0 fully saturated rings. The summed E-state index contributed by atoms with van der Waals surface area (Å²) in [7, 11) is 0. The molecule has 2 amide bonds. The van der Waals surface area contributed by atoms with Gasteiger partial charge in [0.15, 0.2) is 5.78 Å². The summed E-state index contributed by atoms with van der Waals surface area (Å²) in [4.78, 5) is 33.1. The van der Waals surface area contributed by atoms with Crippen LogP contribution in [0.4, 0.5) is 0 Å². The summed E-state index contributed by atoms with van der Waals surface area (Å²) >= 11 is 0. The highest BCUT2D eigenvalue weighted by Crippen LogP contribution is 2.04. The molecule has 0 rings (SSSR count). The average Bonchev–Trinajstić information content (AvgIpc) is 2.25. The lowest BCUT2D eigenvalue weighted by atomic mass is 10.0. The molecule has 5 heteroatoms. The summed E-state index contributed by atoms with van der Waals surface area (Å²) in [5.74, 6) is -0.175. The minimum atomic E-state index is -0.380. The molecule has 0 saturated heterocycles. The molecule has 0 aromatic carbocycles. The Labute approximate surface area is 102 Å². The lowest BCUT2D eigenvalue weighted by Crippen LogP contribution is -2.39. The molecule has 0 aromatic rings. The monoisotopic (exact) mass is 242 g/mol. The topological polar surface area (TPSA) is 75.3 Å². The van der Waals surface area contributed by atoms with E-state index in [1.54, 1.807) is 6.92 Å². The van der Waals surface area contributed by atoms with Crippen molar-refractivity contribution in [2.45, 2.75) is 52.5 Å². The van der Waals surface area contributed by atoms with Gasteiger partial charge < -0.3 is 10.6 Å². The zero-order valence-electron chi connectivity index (χ0n) is 10.8. The van der Waals surface area contributed by atoms with E-state index in [9.17, 15) is 14.4 Å². The van der Waals surface area contributed by atoms with Gasteiger partial charge >= 0.3 is 0 Å². The molecule has 98 valence electrons. The molecular formula is C12H22N2O3. The van der Waals surface area contributed by atoms with Gasteiger partial charge in [0.1, 0.15) is 0 Å². The summed E-state index contributed by atoms with van der Waals surface area (Å²) < 4.78 is 0. The van der Waals surface area contributed by atoms with Crippen molar-refractivity contribution < 1.29 is 14.4 Å². The number of Topliss-reactive ketones (excluding diaryl/α,β-unsaturated/α-hetero) is 1. The van der Waals surface area contributed by atoms with E-state index in [4.69, 9.17) is 0 Å². The van der Waals surface area contributed by atoms with Crippen molar-refractivity contribution in [3.8, 4) is 0 Å². The summed E-state index contributed by atoms with van der Waals surface area (Å²) in [6.07, 6.45) is 2.67. The molecule has 0 heterocycles. The van der Waals surface area contributed by atoms with Crippen molar-refractivity contribution in [3.05, 3.63) is 0 Å². The second kappa shape index (κ2) is 8.73. The number of carbonyl (C=O) groups excluding carboxylic acids is 3. The third kappa shape index (κ3) is 8.42. The SMILES string of the molecule is CCC(=O)C(CCCCNC(C)=O)NC(C)=O. The molecule has 1 unspecified atom stereocenters. The highest BCUT2D eigenvalue weighted by atomic mass is 16.2. The fourth-order valence-corrected chi connectivity index (χ4v) is 1.54. The van der Waals surface area contributed by atoms with Crippen LogP contribution in [0.1, 0.15) is 46.5 Å². The summed E-state index contributed by atoms with van der Waals surface area (Å²) in [5.41, 5.74) is 0. The Morgan fingerprint density at radius 1 is 1.06 bits per heavy atom. The van der Waals surface area contributed by atoms with E-state index in [1.807, 2.05) is 0 Å². The van der Waals surface area contributed by atoms with Crippen molar-refractivity contribution in [3.63, 3.8) is 0 Å². The molecule has 0 aliphatic rings. The van der Waals surface area contributed by atoms with Crippen molar-refractivity contribution in [2.24, 2.45) is 0 Å². The molecule has 0 saturated carbocycles. The zero-order valence-corrected chi connectivity index (χ0v) is 10.8. The van der Waals surface area contributed by atoms with E-state index in [-0.39, 0.29) is 23.6 Å². The van der Waals surface area contributed by atoms with Gasteiger partial charge in [-0.3, -0.25) is 14.4 Å². The van der Waals surface area contributed by atoms with Crippen LogP contribution in [0, 0.1) is 0 Å². The molecule has 0 bridgehead atoms. The number of nitrogens with one attached hydrogen (secondary N) is 2. The van der Waals surface area contributed by atoms with Crippen LogP contribution in [-0.2, 0) is 14.4 Å². The van der Waals surface area contributed by atoms with Crippen LogP contribution < -0.4 is 10.6 Å². The number of unbranched alkanes of at least 4 members (excludes halogenated alkanes) is 1. The molecular weight excluding hydrogens is 220 g/mol. The average molecular weight is 242 g/mol. The van der Waals surface area contributed by atoms with Gasteiger partial charge in [-0.05, 0) is 19.3 Å². The first kappa shape index (κ1) is 15.6. The van der Waals surface area contributed by atoms with Crippen molar-refractivity contribution in [2.75, 3.05) is 6.54 Å². The molecule has 17 heavy (non-hydrogen) atoms. The fourth-order valence-electron chi connectivity index (χ4n) is 1.54. The van der Waals surface area contributed by atoms with Gasteiger partial charge in [-0.1, -0.05) is 6.92 Å². The van der Waals surface area contributed by atoms with E-state index in [2.05, 4.69) is 10.6 Å². The lowest BCUT2D eigenvalue weighted by Gasteiger charge is -2.15. The molecule has 0 aromatic heterocycles. The van der Waals surface area contributed by atoms with Crippen LogP contribution in [0.5, 0.6) is 0 Å². The Balaban J connectivity index is 3.87. The largest absolute Gasteiger partial charge is 0.356 e. The Bertz CT molecular complexity index is 277. The maximum Gasteiger partial charge on any atom is 0.217 e. The summed E-state index contributed by atoms with van der Waals surface area (Å²) in [5, 5.41) is 5.35. The second-order valence-corrected chi connectivity index (χ2v) is 4.05. The number of carbonyl (C=O) groups is 3.